The van der Waals surface area contributed by atoms with Crippen molar-refractivity contribution in [3.05, 3.63) is 53.8 Å². The van der Waals surface area contributed by atoms with Crippen molar-refractivity contribution < 1.29 is 18.7 Å². The van der Waals surface area contributed by atoms with Gasteiger partial charge in [0.15, 0.2) is 11.5 Å². The lowest BCUT2D eigenvalue weighted by Crippen LogP contribution is -2.30. The number of benzene rings is 2. The molecule has 2 amide bonds. The van der Waals surface area contributed by atoms with Crippen LogP contribution in [0.5, 0.6) is 11.5 Å². The molecule has 6 heteroatoms. The molecule has 0 radical (unpaired) electrons. The number of carbonyl (C=O) groups is 1. The minimum Gasteiger partial charge on any atom is -0.449 e. The third kappa shape index (κ3) is 3.95. The molecule has 0 saturated carbocycles. The number of amides is 2. The third-order valence-electron chi connectivity index (χ3n) is 3.50. The van der Waals surface area contributed by atoms with E-state index in [1.165, 1.54) is 12.1 Å². The Balaban J connectivity index is 1.51. The largest absolute Gasteiger partial charge is 0.449 e. The van der Waals surface area contributed by atoms with Crippen LogP contribution in [0, 0.1) is 5.82 Å². The summed E-state index contributed by atoms with van der Waals surface area (Å²) in [5.74, 6) is 0.267. The molecular weight excluding hydrogens is 311 g/mol. The van der Waals surface area contributed by atoms with E-state index in [1.807, 2.05) is 19.9 Å². The predicted molar refractivity (Wildman–Crippen MR) is 88.9 cm³/mol. The Morgan fingerprint density at radius 1 is 1.12 bits per heavy atom. The molecule has 0 fully saturated rings. The fraction of sp³-hybridized carbons (Fsp3) is 0.278. The van der Waals surface area contributed by atoms with Crippen molar-refractivity contribution in [1.82, 2.24) is 5.32 Å². The topological polar surface area (TPSA) is 59.6 Å². The molecule has 1 aliphatic heterocycles. The quantitative estimate of drug-likeness (QED) is 0.899. The molecule has 1 heterocycles. The molecule has 3 rings (SSSR count). The van der Waals surface area contributed by atoms with Crippen molar-refractivity contribution in [2.75, 3.05) is 11.9 Å². The first kappa shape index (κ1) is 16.1. The second-order valence-electron chi connectivity index (χ2n) is 6.03. The fourth-order valence-electron chi connectivity index (χ4n) is 2.49. The smallest absolute Gasteiger partial charge is 0.319 e. The second-order valence-corrected chi connectivity index (χ2v) is 6.03. The number of anilines is 1. The van der Waals surface area contributed by atoms with E-state index < -0.39 is 5.79 Å². The van der Waals surface area contributed by atoms with Crippen LogP contribution in [-0.4, -0.2) is 18.4 Å². The number of hydrogen-bond donors (Lipinski definition) is 2. The van der Waals surface area contributed by atoms with E-state index in [0.717, 1.165) is 5.56 Å². The van der Waals surface area contributed by atoms with Gasteiger partial charge in [-0.2, -0.15) is 0 Å². The van der Waals surface area contributed by atoms with Gasteiger partial charge in [0, 0.05) is 32.1 Å². The average Bonchev–Trinajstić information content (AvgIpc) is 2.80. The average molecular weight is 330 g/mol. The number of fused-ring (bicyclic) bond motifs is 1. The van der Waals surface area contributed by atoms with Crippen LogP contribution >= 0.6 is 0 Å². The number of halogens is 1. The van der Waals surface area contributed by atoms with E-state index in [2.05, 4.69) is 10.6 Å². The summed E-state index contributed by atoms with van der Waals surface area (Å²) in [5, 5.41) is 5.48. The number of ether oxygens (including phenoxy) is 2. The van der Waals surface area contributed by atoms with Gasteiger partial charge in [0.25, 0.3) is 0 Å². The van der Waals surface area contributed by atoms with E-state index >= 15 is 0 Å². The lowest BCUT2D eigenvalue weighted by atomic mass is 10.1. The number of nitrogens with one attached hydrogen (secondary N) is 2. The standard InChI is InChI=1S/C18H19FN2O3/c1-18(2)23-15-7-6-14(11-16(15)24-18)21-17(22)20-9-8-12-4-3-5-13(19)10-12/h3-7,10-11H,8-9H2,1-2H3,(H2,20,21,22). The summed E-state index contributed by atoms with van der Waals surface area (Å²) in [6.45, 7) is 4.05. The molecule has 126 valence electrons. The van der Waals surface area contributed by atoms with Crippen molar-refractivity contribution in [2.24, 2.45) is 0 Å². The molecule has 0 bridgehead atoms. The first-order valence-corrected chi connectivity index (χ1v) is 7.73. The molecule has 0 atom stereocenters. The molecule has 24 heavy (non-hydrogen) atoms. The minimum absolute atomic E-state index is 0.278. The Kier molecular flexibility index (Phi) is 4.29. The van der Waals surface area contributed by atoms with Gasteiger partial charge in [-0.05, 0) is 36.2 Å². The second kappa shape index (κ2) is 6.39. The zero-order valence-corrected chi connectivity index (χ0v) is 13.6. The molecular formula is C18H19FN2O3. The highest BCUT2D eigenvalue weighted by atomic mass is 19.1. The number of hydrogen-bond acceptors (Lipinski definition) is 3. The molecule has 2 N–H and O–H groups in total. The van der Waals surface area contributed by atoms with Crippen molar-refractivity contribution in [3.8, 4) is 11.5 Å². The van der Waals surface area contributed by atoms with Gasteiger partial charge in [0.2, 0.25) is 5.79 Å². The summed E-state index contributed by atoms with van der Waals surface area (Å²) in [6, 6.07) is 11.2. The predicted octanol–water partition coefficient (Wildman–Crippen LogP) is 3.70. The van der Waals surface area contributed by atoms with Crippen LogP contribution in [0.4, 0.5) is 14.9 Å². The number of urea groups is 1. The van der Waals surface area contributed by atoms with E-state index in [0.29, 0.717) is 30.2 Å². The van der Waals surface area contributed by atoms with Crippen LogP contribution in [0.1, 0.15) is 19.4 Å². The summed E-state index contributed by atoms with van der Waals surface area (Å²) >= 11 is 0. The van der Waals surface area contributed by atoms with Crippen molar-refractivity contribution in [1.29, 1.82) is 0 Å². The van der Waals surface area contributed by atoms with E-state index in [9.17, 15) is 9.18 Å². The van der Waals surface area contributed by atoms with Crippen LogP contribution in [0.3, 0.4) is 0 Å². The molecule has 0 saturated heterocycles. The van der Waals surface area contributed by atoms with Crippen LogP contribution in [0.15, 0.2) is 42.5 Å². The number of carbonyl (C=O) groups excluding carboxylic acids is 1. The number of rotatable bonds is 4. The third-order valence-corrected chi connectivity index (χ3v) is 3.50. The first-order chi connectivity index (χ1) is 11.4. The lowest BCUT2D eigenvalue weighted by molar-refractivity contribution is -0.0431. The Hall–Kier alpha value is -2.76. The Labute approximate surface area is 139 Å². The summed E-state index contributed by atoms with van der Waals surface area (Å²) in [6.07, 6.45) is 0.556. The van der Waals surface area contributed by atoms with Gasteiger partial charge in [-0.1, -0.05) is 12.1 Å². The van der Waals surface area contributed by atoms with Gasteiger partial charge >= 0.3 is 6.03 Å². The van der Waals surface area contributed by atoms with Gasteiger partial charge < -0.3 is 20.1 Å². The summed E-state index contributed by atoms with van der Waals surface area (Å²) in [7, 11) is 0. The molecule has 2 aromatic carbocycles. The highest BCUT2D eigenvalue weighted by molar-refractivity contribution is 5.89. The molecule has 1 aliphatic rings. The summed E-state index contributed by atoms with van der Waals surface area (Å²) < 4.78 is 24.3. The Bertz CT molecular complexity index is 762. The van der Waals surface area contributed by atoms with Gasteiger partial charge in [-0.3, -0.25) is 0 Å². The summed E-state index contributed by atoms with van der Waals surface area (Å²) in [4.78, 5) is 11.9. The minimum atomic E-state index is -0.700. The van der Waals surface area contributed by atoms with Crippen LogP contribution < -0.4 is 20.1 Å². The molecule has 0 spiro atoms. The van der Waals surface area contributed by atoms with Gasteiger partial charge in [0.1, 0.15) is 5.82 Å². The molecule has 5 nitrogen and oxygen atoms in total. The van der Waals surface area contributed by atoms with Crippen LogP contribution in [0.25, 0.3) is 0 Å². The van der Waals surface area contributed by atoms with Gasteiger partial charge in [-0.15, -0.1) is 0 Å². The van der Waals surface area contributed by atoms with E-state index in [-0.39, 0.29) is 11.8 Å². The molecule has 0 aliphatic carbocycles. The maximum absolute atomic E-state index is 13.1. The zero-order chi connectivity index (χ0) is 17.2. The molecule has 0 aromatic heterocycles. The zero-order valence-electron chi connectivity index (χ0n) is 13.6. The lowest BCUT2D eigenvalue weighted by Gasteiger charge is -2.16. The summed E-state index contributed by atoms with van der Waals surface area (Å²) in [5.41, 5.74) is 1.44. The van der Waals surface area contributed by atoms with Gasteiger partial charge in [0.05, 0.1) is 0 Å². The van der Waals surface area contributed by atoms with Crippen LogP contribution in [0.2, 0.25) is 0 Å². The van der Waals surface area contributed by atoms with E-state index in [1.54, 1.807) is 24.3 Å². The first-order valence-electron chi connectivity index (χ1n) is 7.73. The maximum Gasteiger partial charge on any atom is 0.319 e. The van der Waals surface area contributed by atoms with Crippen molar-refractivity contribution >= 4 is 11.7 Å². The van der Waals surface area contributed by atoms with E-state index in [4.69, 9.17) is 9.47 Å². The highest BCUT2D eigenvalue weighted by Crippen LogP contribution is 2.40. The van der Waals surface area contributed by atoms with Crippen LogP contribution in [-0.2, 0) is 6.42 Å². The van der Waals surface area contributed by atoms with Crippen molar-refractivity contribution in [3.63, 3.8) is 0 Å². The van der Waals surface area contributed by atoms with Crippen molar-refractivity contribution in [2.45, 2.75) is 26.1 Å². The normalized spacial score (nSPS) is 14.3. The Morgan fingerprint density at radius 2 is 1.92 bits per heavy atom. The molecule has 0 unspecified atom stereocenters. The highest BCUT2D eigenvalue weighted by Gasteiger charge is 2.31. The Morgan fingerprint density at radius 3 is 2.71 bits per heavy atom. The van der Waals surface area contributed by atoms with Gasteiger partial charge in [-0.25, -0.2) is 9.18 Å². The maximum atomic E-state index is 13.1. The fourth-order valence-corrected chi connectivity index (χ4v) is 2.49. The SMILES string of the molecule is CC1(C)Oc2ccc(NC(=O)NCCc3cccc(F)c3)cc2O1. The molecule has 2 aromatic rings. The monoisotopic (exact) mass is 330 g/mol.